The Morgan fingerprint density at radius 1 is 1.11 bits per heavy atom. The molecule has 7 heteroatoms. The van der Waals surface area contributed by atoms with Gasteiger partial charge in [-0.25, -0.2) is 0 Å². The lowest BCUT2D eigenvalue weighted by Crippen LogP contribution is -2.60. The zero-order valence-corrected chi connectivity index (χ0v) is 19.5. The Morgan fingerprint density at radius 2 is 1.71 bits per heavy atom. The topological polar surface area (TPSA) is 85.2 Å². The van der Waals surface area contributed by atoms with E-state index < -0.39 is 52.0 Å². The van der Waals surface area contributed by atoms with Crippen molar-refractivity contribution in [1.29, 1.82) is 0 Å². The Bertz CT molecular complexity index is 626. The van der Waals surface area contributed by atoms with Gasteiger partial charge in [0, 0.05) is 17.8 Å². The van der Waals surface area contributed by atoms with E-state index >= 15 is 0 Å². The Morgan fingerprint density at radius 3 is 2.29 bits per heavy atom. The van der Waals surface area contributed by atoms with Gasteiger partial charge in [0.25, 0.3) is 0 Å². The van der Waals surface area contributed by atoms with Crippen LogP contribution in [0, 0.1) is 23.7 Å². The van der Waals surface area contributed by atoms with Gasteiger partial charge in [-0.2, -0.15) is 0 Å². The predicted molar refractivity (Wildman–Crippen MR) is 108 cm³/mol. The predicted octanol–water partition coefficient (Wildman–Crippen LogP) is 3.02. The van der Waals surface area contributed by atoms with E-state index in [0.717, 1.165) is 0 Å². The van der Waals surface area contributed by atoms with Gasteiger partial charge < -0.3 is 24.4 Å². The highest BCUT2D eigenvalue weighted by Crippen LogP contribution is 2.63. The molecule has 0 aliphatic carbocycles. The number of rotatable bonds is 1. The van der Waals surface area contributed by atoms with Crippen LogP contribution in [0.25, 0.3) is 0 Å². The van der Waals surface area contributed by atoms with Gasteiger partial charge in [-0.05, 0) is 33.6 Å². The number of carbonyl (C=O) groups excluding carboxylic acids is 1. The number of halogens is 1. The smallest absolute Gasteiger partial charge is 0.311 e. The van der Waals surface area contributed by atoms with E-state index in [4.69, 9.17) is 14.2 Å². The molecule has 6 nitrogen and oxygen atoms in total. The molecule has 1 spiro atoms. The molecule has 28 heavy (non-hydrogen) atoms. The van der Waals surface area contributed by atoms with E-state index in [1.807, 2.05) is 41.5 Å². The van der Waals surface area contributed by atoms with E-state index in [1.54, 1.807) is 6.92 Å². The van der Waals surface area contributed by atoms with Crippen LogP contribution in [0.5, 0.6) is 0 Å². The van der Waals surface area contributed by atoms with Gasteiger partial charge >= 0.3 is 5.97 Å². The molecule has 11 atom stereocenters. The van der Waals surface area contributed by atoms with Gasteiger partial charge in [0.2, 0.25) is 0 Å². The van der Waals surface area contributed by atoms with Gasteiger partial charge in [0.05, 0.1) is 34.2 Å². The summed E-state index contributed by atoms with van der Waals surface area (Å²) >= 11 is 3.82. The van der Waals surface area contributed by atoms with Gasteiger partial charge in [-0.3, -0.25) is 4.79 Å². The summed E-state index contributed by atoms with van der Waals surface area (Å²) in [5.74, 6) is -3.16. The molecule has 162 valence electrons. The second-order valence-electron chi connectivity index (χ2n) is 9.66. The SMILES string of the molecule is CC[C@H]1OC(=O)[C@H](C)[C@@H](O)[C@H](C)[C@H]2O[C@@]3(O[C@]2(C)C[C@]3(C)Br)[C@H](C)[C@@H](O)[C@H]1C. The largest absolute Gasteiger partial charge is 0.462 e. The lowest BCUT2D eigenvalue weighted by Gasteiger charge is -2.48. The van der Waals surface area contributed by atoms with E-state index in [2.05, 4.69) is 15.9 Å². The summed E-state index contributed by atoms with van der Waals surface area (Å²) in [6.45, 7) is 13.4. The number of cyclic esters (lactones) is 1. The van der Waals surface area contributed by atoms with Crippen LogP contribution < -0.4 is 0 Å². The number of hydrogen-bond donors (Lipinski definition) is 2. The molecule has 3 bridgehead atoms. The summed E-state index contributed by atoms with van der Waals surface area (Å²) < 4.78 is 18.4. The van der Waals surface area contributed by atoms with Gasteiger partial charge in [0.1, 0.15) is 6.10 Å². The molecule has 3 saturated heterocycles. The molecule has 3 fully saturated rings. The first-order valence-corrected chi connectivity index (χ1v) is 11.2. The van der Waals surface area contributed by atoms with Crippen LogP contribution in [0.1, 0.15) is 61.3 Å². The van der Waals surface area contributed by atoms with Crippen molar-refractivity contribution in [2.75, 3.05) is 0 Å². The molecule has 0 amide bonds. The third kappa shape index (κ3) is 3.08. The maximum Gasteiger partial charge on any atom is 0.311 e. The van der Waals surface area contributed by atoms with E-state index in [1.165, 1.54) is 0 Å². The molecule has 0 radical (unpaired) electrons. The summed E-state index contributed by atoms with van der Waals surface area (Å²) in [6, 6.07) is 0. The molecule has 0 saturated carbocycles. The standard InChI is InChI=1S/C21H35BrO6/c1-8-14-10(2)16(24)13(5)21-20(7,22)9-19(6,28-21)17(27-21)11(3)15(23)12(4)18(25)26-14/h10-17,23-24H,8-9H2,1-7H3/t10-,11-,12+,13+,14+,15-,16-,17+,19+,20-,21+/m0/s1. The highest BCUT2D eigenvalue weighted by atomic mass is 79.9. The number of fused-ring (bicyclic) bond motifs is 3. The molecule has 0 aromatic heterocycles. The second-order valence-corrected chi connectivity index (χ2v) is 11.4. The number of aliphatic hydroxyl groups excluding tert-OH is 2. The molecular formula is C21H35BrO6. The van der Waals surface area contributed by atoms with Gasteiger partial charge in [0.15, 0.2) is 5.79 Å². The van der Waals surface area contributed by atoms with Gasteiger partial charge in [-0.15, -0.1) is 0 Å². The fraction of sp³-hybridized carbons (Fsp3) is 0.952. The number of carbonyl (C=O) groups is 1. The summed E-state index contributed by atoms with van der Waals surface area (Å²) in [5.41, 5.74) is -0.627. The van der Waals surface area contributed by atoms with Crippen LogP contribution in [0.3, 0.4) is 0 Å². The van der Waals surface area contributed by atoms with Crippen LogP contribution in [0.2, 0.25) is 0 Å². The highest BCUT2D eigenvalue weighted by Gasteiger charge is 2.74. The monoisotopic (exact) mass is 462 g/mol. The molecule has 0 aromatic rings. The Kier molecular flexibility index (Phi) is 5.77. The van der Waals surface area contributed by atoms with Crippen molar-refractivity contribution < 1.29 is 29.2 Å². The second kappa shape index (κ2) is 7.19. The maximum atomic E-state index is 12.7. The molecule has 3 heterocycles. The lowest BCUT2D eigenvalue weighted by atomic mass is 9.73. The molecule has 3 aliphatic rings. The Hall–Kier alpha value is -0.210. The average Bonchev–Trinajstić information content (AvgIpc) is 3.05. The molecule has 0 unspecified atom stereocenters. The first-order valence-electron chi connectivity index (χ1n) is 10.4. The summed E-state index contributed by atoms with van der Waals surface area (Å²) in [4.78, 5) is 12.7. The van der Waals surface area contributed by atoms with Crippen molar-refractivity contribution in [1.82, 2.24) is 0 Å². The molecule has 2 N–H and O–H groups in total. The van der Waals surface area contributed by atoms with Crippen molar-refractivity contribution in [2.24, 2.45) is 23.7 Å². The first-order chi connectivity index (χ1) is 12.8. The molecular weight excluding hydrogens is 428 g/mol. The van der Waals surface area contributed by atoms with Gasteiger partial charge in [-0.1, -0.05) is 43.6 Å². The van der Waals surface area contributed by atoms with E-state index in [9.17, 15) is 15.0 Å². The fourth-order valence-electron chi connectivity index (χ4n) is 5.72. The fourth-order valence-corrected chi connectivity index (χ4v) is 6.81. The third-order valence-corrected chi connectivity index (χ3v) is 8.34. The normalized spacial score (nSPS) is 57.4. The highest BCUT2D eigenvalue weighted by molar-refractivity contribution is 9.10. The zero-order valence-electron chi connectivity index (χ0n) is 17.9. The lowest BCUT2D eigenvalue weighted by molar-refractivity contribution is -0.241. The van der Waals surface area contributed by atoms with E-state index in [0.29, 0.717) is 12.8 Å². The van der Waals surface area contributed by atoms with Crippen LogP contribution in [-0.2, 0) is 19.0 Å². The minimum atomic E-state index is -1.03. The van der Waals surface area contributed by atoms with Crippen molar-refractivity contribution in [3.8, 4) is 0 Å². The number of hydrogen-bond acceptors (Lipinski definition) is 6. The molecule has 3 rings (SSSR count). The summed E-state index contributed by atoms with van der Waals surface area (Å²) in [6.07, 6.45) is -1.28. The Balaban J connectivity index is 2.09. The number of esters is 1. The zero-order chi connectivity index (χ0) is 21.2. The first kappa shape index (κ1) is 22.5. The van der Waals surface area contributed by atoms with Crippen LogP contribution >= 0.6 is 15.9 Å². The average molecular weight is 463 g/mol. The minimum Gasteiger partial charge on any atom is -0.462 e. The quantitative estimate of drug-likeness (QED) is 0.460. The molecule has 0 aromatic carbocycles. The van der Waals surface area contributed by atoms with Crippen molar-refractivity contribution >= 4 is 21.9 Å². The van der Waals surface area contributed by atoms with E-state index in [-0.39, 0.29) is 17.8 Å². The number of alkyl halides is 1. The summed E-state index contributed by atoms with van der Waals surface area (Å²) in [5, 5.41) is 22.2. The maximum absolute atomic E-state index is 12.7. The van der Waals surface area contributed by atoms with Crippen molar-refractivity contribution in [3.05, 3.63) is 0 Å². The van der Waals surface area contributed by atoms with Crippen LogP contribution in [-0.4, -0.2) is 56.3 Å². The summed E-state index contributed by atoms with van der Waals surface area (Å²) in [7, 11) is 0. The number of aliphatic hydroxyl groups is 2. The van der Waals surface area contributed by atoms with Crippen molar-refractivity contribution in [3.63, 3.8) is 0 Å². The minimum absolute atomic E-state index is 0.305. The van der Waals surface area contributed by atoms with Crippen molar-refractivity contribution in [2.45, 2.75) is 101 Å². The Labute approximate surface area is 176 Å². The van der Waals surface area contributed by atoms with Crippen LogP contribution in [0.4, 0.5) is 0 Å². The molecule has 3 aliphatic heterocycles. The van der Waals surface area contributed by atoms with Crippen LogP contribution in [0.15, 0.2) is 0 Å². The number of ether oxygens (including phenoxy) is 3. The third-order valence-electron chi connectivity index (χ3n) is 7.51.